The van der Waals surface area contributed by atoms with Crippen LogP contribution in [-0.2, 0) is 0 Å². The molecule has 140 valence electrons. The van der Waals surface area contributed by atoms with Crippen molar-refractivity contribution in [1.29, 1.82) is 10.5 Å². The van der Waals surface area contributed by atoms with Crippen LogP contribution in [-0.4, -0.2) is 21.9 Å². The molecule has 2 heterocycles. The molecule has 0 aliphatic rings. The van der Waals surface area contributed by atoms with E-state index in [0.717, 1.165) is 11.8 Å². The number of hydrogen-bond donors (Lipinski definition) is 1. The zero-order valence-corrected chi connectivity index (χ0v) is 16.2. The van der Waals surface area contributed by atoms with Crippen molar-refractivity contribution in [1.82, 2.24) is 10.3 Å². The first-order valence-electron chi connectivity index (χ1n) is 8.17. The number of nitrogens with two attached hydrogens (primary N) is 1. The molecule has 0 saturated heterocycles. The predicted octanol–water partition coefficient (Wildman–Crippen LogP) is 1.57. The van der Waals surface area contributed by atoms with Gasteiger partial charge in [0.15, 0.2) is 6.04 Å². The van der Waals surface area contributed by atoms with Crippen molar-refractivity contribution < 1.29 is 14.3 Å². The summed E-state index contributed by atoms with van der Waals surface area (Å²) in [5.74, 6) is -0.482. The molecule has 10 heteroatoms. The fourth-order valence-corrected chi connectivity index (χ4v) is 3.12. The highest BCUT2D eigenvalue weighted by molar-refractivity contribution is 7.99. The van der Waals surface area contributed by atoms with Crippen LogP contribution in [0.2, 0.25) is 0 Å². The van der Waals surface area contributed by atoms with Gasteiger partial charge in [0.25, 0.3) is 6.20 Å². The molecule has 27 heavy (non-hydrogen) atoms. The molecule has 0 bridgehead atoms. The van der Waals surface area contributed by atoms with E-state index in [2.05, 4.69) is 21.3 Å². The third kappa shape index (κ3) is 4.54. The van der Waals surface area contributed by atoms with Gasteiger partial charge in [-0.3, -0.25) is 4.52 Å². The maximum Gasteiger partial charge on any atom is 0.320 e. The van der Waals surface area contributed by atoms with Crippen LogP contribution in [0.4, 0.5) is 11.7 Å². The third-order valence-electron chi connectivity index (χ3n) is 3.60. The van der Waals surface area contributed by atoms with Gasteiger partial charge >= 0.3 is 5.88 Å². The lowest BCUT2D eigenvalue weighted by Crippen LogP contribution is -2.36. The fraction of sp³-hybridized carbons (Fsp3) is 0.412. The van der Waals surface area contributed by atoms with Gasteiger partial charge in [0.05, 0.1) is 11.1 Å². The van der Waals surface area contributed by atoms with Crippen LogP contribution in [0.25, 0.3) is 0 Å². The molecular formula is C17H19N7O2S. The van der Waals surface area contributed by atoms with Crippen LogP contribution >= 0.6 is 11.8 Å². The van der Waals surface area contributed by atoms with Gasteiger partial charge in [-0.1, -0.05) is 25.6 Å². The predicted molar refractivity (Wildman–Crippen MR) is 97.1 cm³/mol. The number of aliphatic imine (C=N–C) groups is 1. The van der Waals surface area contributed by atoms with Gasteiger partial charge in [0.2, 0.25) is 5.27 Å². The molecular weight excluding hydrogens is 366 g/mol. The maximum absolute atomic E-state index is 12.1. The summed E-state index contributed by atoms with van der Waals surface area (Å²) < 4.78 is 6.53. The normalized spacial score (nSPS) is 11.6. The summed E-state index contributed by atoms with van der Waals surface area (Å²) in [5, 5.41) is 35.0. The van der Waals surface area contributed by atoms with E-state index in [4.69, 9.17) is 10.3 Å². The summed E-state index contributed by atoms with van der Waals surface area (Å²) in [6.07, 6.45) is 1.53. The van der Waals surface area contributed by atoms with Crippen molar-refractivity contribution in [3.63, 3.8) is 0 Å². The Balaban J connectivity index is 2.28. The number of nitriles is 2. The number of nitrogen functional groups attached to an aromatic ring is 1. The molecule has 2 aromatic heterocycles. The van der Waals surface area contributed by atoms with Crippen molar-refractivity contribution in [3.05, 3.63) is 22.9 Å². The Morgan fingerprint density at radius 3 is 2.52 bits per heavy atom. The van der Waals surface area contributed by atoms with Crippen molar-refractivity contribution in [2.75, 3.05) is 11.5 Å². The van der Waals surface area contributed by atoms with Gasteiger partial charge in [0.1, 0.15) is 23.0 Å². The van der Waals surface area contributed by atoms with E-state index < -0.39 is 5.90 Å². The van der Waals surface area contributed by atoms with Crippen LogP contribution in [0.3, 0.4) is 0 Å². The van der Waals surface area contributed by atoms with Crippen LogP contribution in [0.5, 0.6) is 0 Å². The number of nitrogens with zero attached hydrogens (tertiary/aromatic N) is 6. The summed E-state index contributed by atoms with van der Waals surface area (Å²) in [6, 6.07) is 4.16. The zero-order chi connectivity index (χ0) is 20.1. The zero-order valence-electron chi connectivity index (χ0n) is 15.4. The number of rotatable bonds is 6. The molecule has 0 aromatic carbocycles. The molecule has 0 saturated carbocycles. The number of pyridine rings is 1. The van der Waals surface area contributed by atoms with Crippen LogP contribution in [0.15, 0.2) is 20.7 Å². The summed E-state index contributed by atoms with van der Waals surface area (Å²) in [4.78, 5) is 7.97. The van der Waals surface area contributed by atoms with E-state index in [1.807, 2.05) is 33.8 Å². The molecule has 2 N–H and O–H groups in total. The topological polar surface area (TPSA) is 152 Å². The first-order valence-corrected chi connectivity index (χ1v) is 9.16. The Bertz CT molecular complexity index is 951. The summed E-state index contributed by atoms with van der Waals surface area (Å²) in [7, 11) is 0. The van der Waals surface area contributed by atoms with E-state index in [1.165, 1.54) is 6.20 Å². The molecule has 0 aliphatic carbocycles. The summed E-state index contributed by atoms with van der Waals surface area (Å²) in [6.45, 7) is 7.56. The van der Waals surface area contributed by atoms with Gasteiger partial charge < -0.3 is 10.8 Å². The lowest BCUT2D eigenvalue weighted by molar-refractivity contribution is -0.779. The number of aromatic nitrogens is 3. The molecule has 0 radical (unpaired) electrons. The highest BCUT2D eigenvalue weighted by Crippen LogP contribution is 2.32. The third-order valence-corrected chi connectivity index (χ3v) is 4.56. The summed E-state index contributed by atoms with van der Waals surface area (Å²) >= 11 is 1.04. The minimum Gasteiger partial charge on any atom is -0.861 e. The van der Waals surface area contributed by atoms with Crippen molar-refractivity contribution >= 4 is 29.4 Å². The quantitative estimate of drug-likeness (QED) is 0.340. The van der Waals surface area contributed by atoms with Crippen molar-refractivity contribution in [2.24, 2.45) is 4.99 Å². The molecule has 0 unspecified atom stereocenters. The van der Waals surface area contributed by atoms with E-state index in [9.17, 15) is 15.6 Å². The van der Waals surface area contributed by atoms with Crippen molar-refractivity contribution in [3.8, 4) is 12.1 Å². The largest absolute Gasteiger partial charge is 0.861 e. The van der Waals surface area contributed by atoms with Crippen LogP contribution in [0.1, 0.15) is 56.3 Å². The van der Waals surface area contributed by atoms with E-state index in [-0.39, 0.29) is 40.5 Å². The standard InChI is InChI=1S/C17H19N7O2S/c1-9(2)15-11(5-18)16(20)22-17(12(15)6-19)27-8-13(25)21-14-7-24(10(3)4)23-26-14/h7,9-10H,8H2,1-4H3,(H2-,20,21,22,23,25). The average molecular weight is 385 g/mol. The lowest BCUT2D eigenvalue weighted by Gasteiger charge is -2.16. The van der Waals surface area contributed by atoms with E-state index >= 15 is 0 Å². The molecule has 0 amide bonds. The number of hydrogen-bond acceptors (Lipinski definition) is 9. The molecule has 9 nitrogen and oxygen atoms in total. The second-order valence-corrected chi connectivity index (χ2v) is 7.22. The second-order valence-electron chi connectivity index (χ2n) is 6.25. The van der Waals surface area contributed by atoms with E-state index in [1.54, 1.807) is 4.68 Å². The molecule has 2 aromatic rings. The maximum atomic E-state index is 12.1. The minimum absolute atomic E-state index is 0.0419. The molecule has 0 atom stereocenters. The van der Waals surface area contributed by atoms with E-state index in [0.29, 0.717) is 10.6 Å². The number of thioether (sulfide) groups is 1. The Labute approximate surface area is 161 Å². The molecule has 0 spiro atoms. The summed E-state index contributed by atoms with van der Waals surface area (Å²) in [5.41, 5.74) is 6.85. The second kappa shape index (κ2) is 8.52. The highest BCUT2D eigenvalue weighted by atomic mass is 32.2. The first-order chi connectivity index (χ1) is 12.8. The van der Waals surface area contributed by atoms with Gasteiger partial charge in [-0.15, -0.1) is 0 Å². The first kappa shape index (κ1) is 20.2. The van der Waals surface area contributed by atoms with Crippen LogP contribution < -0.4 is 15.5 Å². The number of anilines is 1. The Kier molecular flexibility index (Phi) is 6.37. The smallest absolute Gasteiger partial charge is 0.320 e. The SMILES string of the molecule is CC(C)c1c(C#N)c(N)nc(SC/C([O-])=N\c2c[n+](C(C)C)no2)c1C#N. The van der Waals surface area contributed by atoms with Gasteiger partial charge in [-0.2, -0.15) is 10.5 Å². The van der Waals surface area contributed by atoms with Gasteiger partial charge in [-0.25, -0.2) is 9.98 Å². The Hall–Kier alpha value is -3.11. The minimum atomic E-state index is -0.466. The monoisotopic (exact) mass is 385 g/mol. The van der Waals surface area contributed by atoms with Gasteiger partial charge in [-0.05, 0) is 35.9 Å². The average Bonchev–Trinajstić information content (AvgIpc) is 3.07. The van der Waals surface area contributed by atoms with Gasteiger partial charge in [0, 0.05) is 5.75 Å². The van der Waals surface area contributed by atoms with Crippen LogP contribution in [0, 0.1) is 22.7 Å². The van der Waals surface area contributed by atoms with Crippen molar-refractivity contribution in [2.45, 2.75) is 44.7 Å². The highest BCUT2D eigenvalue weighted by Gasteiger charge is 2.21. The molecule has 2 rings (SSSR count). The lowest BCUT2D eigenvalue weighted by atomic mass is 9.94. The Morgan fingerprint density at radius 1 is 1.33 bits per heavy atom. The molecule has 0 aliphatic heterocycles. The molecule has 0 fully saturated rings. The fourth-order valence-electron chi connectivity index (χ4n) is 2.33. The Morgan fingerprint density at radius 2 is 2.00 bits per heavy atom.